The Balaban J connectivity index is 2.22. The van der Waals surface area contributed by atoms with Gasteiger partial charge < -0.3 is 14.7 Å². The van der Waals surface area contributed by atoms with Gasteiger partial charge in [-0.3, -0.25) is 0 Å². The monoisotopic (exact) mass is 187 g/mol. The van der Waals surface area contributed by atoms with E-state index in [1.165, 1.54) is 0 Å². The summed E-state index contributed by atoms with van der Waals surface area (Å²) in [4.78, 5) is 13.1. The van der Waals surface area contributed by atoms with E-state index in [0.717, 1.165) is 25.9 Å². The molecule has 1 fully saturated rings. The molecule has 1 rings (SSSR count). The number of likely N-dealkylation sites (tertiary alicyclic amines) is 1. The molecule has 76 valence electrons. The lowest BCUT2D eigenvalue weighted by Crippen LogP contribution is -2.36. The number of nitrogens with zero attached hydrogens (tertiary/aromatic N) is 1. The van der Waals surface area contributed by atoms with Crippen LogP contribution in [0.5, 0.6) is 0 Å². The summed E-state index contributed by atoms with van der Waals surface area (Å²) in [5.74, 6) is -0.505. The van der Waals surface area contributed by atoms with Gasteiger partial charge in [0.1, 0.15) is 0 Å². The first-order valence-corrected chi connectivity index (χ1v) is 4.81. The van der Waals surface area contributed by atoms with E-state index in [4.69, 9.17) is 4.74 Å². The van der Waals surface area contributed by atoms with E-state index < -0.39 is 12.1 Å². The molecule has 1 aliphatic heterocycles. The summed E-state index contributed by atoms with van der Waals surface area (Å²) in [6.07, 6.45) is 1.35. The molecule has 0 aromatic carbocycles. The summed E-state index contributed by atoms with van der Waals surface area (Å²) in [6, 6.07) is 0. The molecule has 1 heterocycles. The number of aliphatic hydroxyl groups is 1. The highest BCUT2D eigenvalue weighted by molar-refractivity contribution is 5.74. The first-order valence-electron chi connectivity index (χ1n) is 4.81. The molecule has 0 aromatic rings. The van der Waals surface area contributed by atoms with Crippen LogP contribution in [-0.2, 0) is 9.53 Å². The van der Waals surface area contributed by atoms with Gasteiger partial charge in [0.25, 0.3) is 0 Å². The number of hydrogen-bond donors (Lipinski definition) is 1. The Morgan fingerprint density at radius 2 is 2.15 bits per heavy atom. The lowest BCUT2D eigenvalue weighted by molar-refractivity contribution is -0.153. The van der Waals surface area contributed by atoms with Crippen molar-refractivity contribution in [2.24, 2.45) is 0 Å². The molecule has 0 bridgehead atoms. The molecule has 0 spiro atoms. The highest BCUT2D eigenvalue weighted by atomic mass is 16.5. The summed E-state index contributed by atoms with van der Waals surface area (Å²) < 4.78 is 4.70. The van der Waals surface area contributed by atoms with Gasteiger partial charge in [-0.2, -0.15) is 0 Å². The third kappa shape index (κ3) is 3.32. The van der Waals surface area contributed by atoms with Gasteiger partial charge in [-0.1, -0.05) is 0 Å². The normalized spacial score (nSPS) is 20.2. The number of ether oxygens (including phenoxy) is 1. The minimum Gasteiger partial charge on any atom is -0.464 e. The van der Waals surface area contributed by atoms with Crippen LogP contribution < -0.4 is 0 Å². The quantitative estimate of drug-likeness (QED) is 0.630. The molecule has 1 aliphatic rings. The van der Waals surface area contributed by atoms with Crippen molar-refractivity contribution < 1.29 is 14.6 Å². The average Bonchev–Trinajstić information content (AvgIpc) is 2.57. The zero-order valence-electron chi connectivity index (χ0n) is 8.03. The summed E-state index contributed by atoms with van der Waals surface area (Å²) in [5.41, 5.74) is 0. The van der Waals surface area contributed by atoms with Crippen molar-refractivity contribution in [2.45, 2.75) is 25.9 Å². The highest BCUT2D eigenvalue weighted by Crippen LogP contribution is 2.07. The van der Waals surface area contributed by atoms with Crippen LogP contribution in [0.4, 0.5) is 0 Å². The second kappa shape index (κ2) is 5.19. The van der Waals surface area contributed by atoms with E-state index in [0.29, 0.717) is 13.2 Å². The van der Waals surface area contributed by atoms with Crippen LogP contribution in [0, 0.1) is 0 Å². The minimum absolute atomic E-state index is 0.329. The van der Waals surface area contributed by atoms with E-state index >= 15 is 0 Å². The fourth-order valence-corrected chi connectivity index (χ4v) is 1.52. The smallest absolute Gasteiger partial charge is 0.336 e. The summed E-state index contributed by atoms with van der Waals surface area (Å²) in [5, 5.41) is 9.39. The fourth-order valence-electron chi connectivity index (χ4n) is 1.52. The first-order chi connectivity index (χ1) is 6.24. The number of hydrogen-bond acceptors (Lipinski definition) is 4. The maximum absolute atomic E-state index is 11.0. The van der Waals surface area contributed by atoms with Gasteiger partial charge in [0.05, 0.1) is 6.61 Å². The van der Waals surface area contributed by atoms with Crippen LogP contribution in [0.15, 0.2) is 0 Å². The van der Waals surface area contributed by atoms with Crippen molar-refractivity contribution in [3.8, 4) is 0 Å². The zero-order valence-corrected chi connectivity index (χ0v) is 8.03. The van der Waals surface area contributed by atoms with Gasteiger partial charge in [-0.05, 0) is 32.9 Å². The number of carbonyl (C=O) groups excluding carboxylic acids is 1. The lowest BCUT2D eigenvalue weighted by Gasteiger charge is -2.17. The number of aliphatic hydroxyl groups excluding tert-OH is 1. The van der Waals surface area contributed by atoms with Gasteiger partial charge in [0, 0.05) is 6.54 Å². The van der Waals surface area contributed by atoms with E-state index in [9.17, 15) is 9.90 Å². The molecule has 0 aliphatic carbocycles. The first kappa shape index (κ1) is 10.5. The van der Waals surface area contributed by atoms with Crippen LogP contribution in [-0.4, -0.2) is 48.3 Å². The molecule has 4 heteroatoms. The van der Waals surface area contributed by atoms with E-state index in [2.05, 4.69) is 4.90 Å². The third-order valence-electron chi connectivity index (χ3n) is 2.19. The molecule has 0 radical (unpaired) electrons. The second-order valence-corrected chi connectivity index (χ2v) is 3.28. The predicted octanol–water partition coefficient (Wildman–Crippen LogP) is 0.00620. The Kier molecular flexibility index (Phi) is 4.18. The third-order valence-corrected chi connectivity index (χ3v) is 2.19. The molecule has 13 heavy (non-hydrogen) atoms. The molecular weight excluding hydrogens is 170 g/mol. The Bertz CT molecular complexity index is 166. The van der Waals surface area contributed by atoms with Gasteiger partial charge in [0.2, 0.25) is 0 Å². The molecule has 0 amide bonds. The van der Waals surface area contributed by atoms with Crippen molar-refractivity contribution in [1.29, 1.82) is 0 Å². The standard InChI is InChI=1S/C9H17NO3/c1-2-13-9(12)8(11)7-10-5-3-4-6-10/h8,11H,2-7H2,1H3. The van der Waals surface area contributed by atoms with Gasteiger partial charge in [-0.25, -0.2) is 4.79 Å². The number of carbonyl (C=O) groups is 1. The molecule has 1 atom stereocenters. The maximum atomic E-state index is 11.0. The SMILES string of the molecule is CCOC(=O)C(O)CN1CCCC1. The Morgan fingerprint density at radius 1 is 1.54 bits per heavy atom. The maximum Gasteiger partial charge on any atom is 0.336 e. The van der Waals surface area contributed by atoms with Crippen LogP contribution in [0.2, 0.25) is 0 Å². The van der Waals surface area contributed by atoms with Gasteiger partial charge in [-0.15, -0.1) is 0 Å². The van der Waals surface area contributed by atoms with Crippen molar-refractivity contribution >= 4 is 5.97 Å². The largest absolute Gasteiger partial charge is 0.464 e. The lowest BCUT2D eigenvalue weighted by atomic mass is 10.3. The molecular formula is C9H17NO3. The Hall–Kier alpha value is -0.610. The molecule has 1 N–H and O–H groups in total. The molecule has 0 aromatic heterocycles. The van der Waals surface area contributed by atoms with Gasteiger partial charge in [0.15, 0.2) is 6.10 Å². The Morgan fingerprint density at radius 3 is 2.69 bits per heavy atom. The van der Waals surface area contributed by atoms with Crippen molar-refractivity contribution in [1.82, 2.24) is 4.90 Å². The van der Waals surface area contributed by atoms with Gasteiger partial charge >= 0.3 is 5.97 Å². The highest BCUT2D eigenvalue weighted by Gasteiger charge is 2.21. The summed E-state index contributed by atoms with van der Waals surface area (Å²) in [7, 11) is 0. The minimum atomic E-state index is -0.974. The fraction of sp³-hybridized carbons (Fsp3) is 0.889. The van der Waals surface area contributed by atoms with Crippen LogP contribution >= 0.6 is 0 Å². The zero-order chi connectivity index (χ0) is 9.68. The van der Waals surface area contributed by atoms with Crippen molar-refractivity contribution in [3.05, 3.63) is 0 Å². The number of rotatable bonds is 4. The predicted molar refractivity (Wildman–Crippen MR) is 48.3 cm³/mol. The van der Waals surface area contributed by atoms with E-state index in [-0.39, 0.29) is 0 Å². The van der Waals surface area contributed by atoms with Crippen LogP contribution in [0.3, 0.4) is 0 Å². The van der Waals surface area contributed by atoms with Crippen LogP contribution in [0.25, 0.3) is 0 Å². The molecule has 4 nitrogen and oxygen atoms in total. The summed E-state index contributed by atoms with van der Waals surface area (Å²) >= 11 is 0. The molecule has 0 saturated carbocycles. The van der Waals surface area contributed by atoms with Crippen molar-refractivity contribution in [3.63, 3.8) is 0 Å². The molecule has 1 saturated heterocycles. The average molecular weight is 187 g/mol. The van der Waals surface area contributed by atoms with Crippen molar-refractivity contribution in [2.75, 3.05) is 26.2 Å². The number of β-amino-alcohol motifs (C(OH)–C–C–N with tert-alkyl or cyclic N) is 1. The molecule has 1 unspecified atom stereocenters. The Labute approximate surface area is 78.5 Å². The van der Waals surface area contributed by atoms with E-state index in [1.807, 2.05) is 0 Å². The summed E-state index contributed by atoms with van der Waals surface area (Å²) in [6.45, 7) is 4.45. The van der Waals surface area contributed by atoms with Crippen LogP contribution in [0.1, 0.15) is 19.8 Å². The topological polar surface area (TPSA) is 49.8 Å². The second-order valence-electron chi connectivity index (χ2n) is 3.28. The number of esters is 1. The van der Waals surface area contributed by atoms with E-state index in [1.54, 1.807) is 6.92 Å².